The number of aromatic amines is 2. The van der Waals surface area contributed by atoms with Gasteiger partial charge in [-0.1, -0.05) is 98.2 Å². The van der Waals surface area contributed by atoms with Crippen LogP contribution in [-0.4, -0.2) is 43.9 Å². The van der Waals surface area contributed by atoms with Crippen molar-refractivity contribution >= 4 is 96.2 Å². The summed E-state index contributed by atoms with van der Waals surface area (Å²) in [5.41, 5.74) is 10.3. The highest BCUT2D eigenvalue weighted by Crippen LogP contribution is 2.36. The first-order valence-electron chi connectivity index (χ1n) is 19.2. The predicted molar refractivity (Wildman–Crippen MR) is 234 cm³/mol. The standard InChI is InChI=1S/C21H17BrN2O3.C21H18N2O3.2C2H6/c22-12-8-9-18-15(10-12)13(5-3-7-20(25)26)19(23-18)11-16-14-4-1-2-6-17(14)24-21(16)27;24-20(25)11-5-8-14-13-6-1-3-9-17(13)22-19(14)12-16-15-7-2-4-10-18(15)23-21(16)26;2*1-2/h1-2,4,6,8-11,23H,3,5,7H2,(H,24,27)(H,25,26);1-4,6-7,9-10,12,22H,5,8,11H2,(H,23,26)(H,24,25);2*1-2H3/b16-11-;16-12-;;. The topological polar surface area (TPSA) is 164 Å². The SMILES string of the molecule is CC.CC.O=C(O)CCCc1c(/C=C2\C(=O)Nc3ccccc32)[nH]c2ccc(Br)cc12.O=C(O)CCCc1c(/C=C2\C(=O)Nc3ccccc32)[nH]c2ccccc12. The molecule has 0 saturated heterocycles. The Morgan fingerprint density at radius 3 is 1.54 bits per heavy atom. The van der Waals surface area contributed by atoms with E-state index in [-0.39, 0.29) is 24.7 Å². The maximum atomic E-state index is 12.4. The molecule has 0 unspecified atom stereocenters. The summed E-state index contributed by atoms with van der Waals surface area (Å²) in [4.78, 5) is 53.4. The van der Waals surface area contributed by atoms with E-state index >= 15 is 0 Å². The number of carbonyl (C=O) groups excluding carboxylic acids is 2. The Kier molecular flexibility index (Phi) is 14.4. The molecule has 294 valence electrons. The van der Waals surface area contributed by atoms with Crippen molar-refractivity contribution in [3.63, 3.8) is 0 Å². The van der Waals surface area contributed by atoms with Crippen molar-refractivity contribution in [2.24, 2.45) is 0 Å². The lowest BCUT2D eigenvalue weighted by Gasteiger charge is -2.03. The summed E-state index contributed by atoms with van der Waals surface area (Å²) in [6.07, 6.45) is 6.31. The van der Waals surface area contributed by atoms with E-state index in [1.54, 1.807) is 0 Å². The van der Waals surface area contributed by atoms with Gasteiger partial charge in [0.15, 0.2) is 0 Å². The van der Waals surface area contributed by atoms with Gasteiger partial charge in [-0.15, -0.1) is 0 Å². The van der Waals surface area contributed by atoms with Gasteiger partial charge in [-0.05, 0) is 85.4 Å². The molecule has 0 bridgehead atoms. The van der Waals surface area contributed by atoms with E-state index < -0.39 is 11.9 Å². The molecule has 6 aromatic rings. The van der Waals surface area contributed by atoms with Crippen LogP contribution in [0.3, 0.4) is 0 Å². The Labute approximate surface area is 340 Å². The van der Waals surface area contributed by atoms with Crippen LogP contribution in [0.4, 0.5) is 11.4 Å². The number of H-pyrrole nitrogens is 2. The molecule has 6 N–H and O–H groups in total. The van der Waals surface area contributed by atoms with Gasteiger partial charge in [-0.3, -0.25) is 19.2 Å². The van der Waals surface area contributed by atoms with Crippen molar-refractivity contribution in [2.75, 3.05) is 10.6 Å². The van der Waals surface area contributed by atoms with Crippen molar-refractivity contribution in [2.45, 2.75) is 66.2 Å². The quantitative estimate of drug-likeness (QED) is 0.0752. The number of para-hydroxylation sites is 3. The summed E-state index contributed by atoms with van der Waals surface area (Å²) >= 11 is 3.50. The molecule has 2 aromatic heterocycles. The monoisotopic (exact) mass is 830 g/mol. The first-order valence-corrected chi connectivity index (χ1v) is 20.0. The molecule has 2 amide bonds. The van der Waals surface area contributed by atoms with E-state index in [1.807, 2.05) is 131 Å². The van der Waals surface area contributed by atoms with Crippen molar-refractivity contribution < 1.29 is 29.4 Å². The van der Waals surface area contributed by atoms with Crippen molar-refractivity contribution in [1.29, 1.82) is 0 Å². The van der Waals surface area contributed by atoms with Crippen molar-refractivity contribution in [3.05, 3.63) is 129 Å². The summed E-state index contributed by atoms with van der Waals surface area (Å²) in [7, 11) is 0. The van der Waals surface area contributed by atoms with Gasteiger partial charge in [0.1, 0.15) is 0 Å². The molecule has 2 aliphatic heterocycles. The molecule has 10 nitrogen and oxygen atoms in total. The largest absolute Gasteiger partial charge is 0.481 e. The molecule has 0 spiro atoms. The fourth-order valence-corrected chi connectivity index (χ4v) is 7.29. The molecule has 4 heterocycles. The number of nitrogens with one attached hydrogen (secondary N) is 4. The fourth-order valence-electron chi connectivity index (χ4n) is 6.93. The number of amides is 2. The maximum Gasteiger partial charge on any atom is 0.303 e. The molecule has 0 atom stereocenters. The second-order valence-corrected chi connectivity index (χ2v) is 13.8. The number of rotatable bonds is 10. The first-order chi connectivity index (χ1) is 27.7. The van der Waals surface area contributed by atoms with E-state index in [0.717, 1.165) is 71.3 Å². The van der Waals surface area contributed by atoms with E-state index in [0.29, 0.717) is 36.8 Å². The number of hydrogen-bond donors (Lipinski definition) is 6. The zero-order valence-corrected chi connectivity index (χ0v) is 34.0. The molecule has 0 fully saturated rings. The number of carboxylic acids is 2. The molecule has 0 saturated carbocycles. The average molecular weight is 832 g/mol. The zero-order chi connectivity index (χ0) is 41.1. The zero-order valence-electron chi connectivity index (χ0n) is 32.5. The minimum atomic E-state index is -0.806. The van der Waals surface area contributed by atoms with Crippen LogP contribution in [0.15, 0.2) is 95.5 Å². The van der Waals surface area contributed by atoms with Gasteiger partial charge >= 0.3 is 11.9 Å². The molecule has 4 aromatic carbocycles. The minimum Gasteiger partial charge on any atom is -0.481 e. The minimum absolute atomic E-state index is 0.111. The Hall–Kier alpha value is -6.20. The van der Waals surface area contributed by atoms with Gasteiger partial charge in [0.05, 0.1) is 11.1 Å². The third-order valence-corrected chi connectivity index (χ3v) is 9.87. The highest BCUT2D eigenvalue weighted by molar-refractivity contribution is 9.10. The first kappa shape index (κ1) is 42.0. The molecule has 8 rings (SSSR count). The maximum absolute atomic E-state index is 12.4. The highest BCUT2D eigenvalue weighted by atomic mass is 79.9. The van der Waals surface area contributed by atoms with Gasteiger partial charge < -0.3 is 30.8 Å². The molecule has 0 aliphatic carbocycles. The summed E-state index contributed by atoms with van der Waals surface area (Å²) < 4.78 is 0.955. The number of carboxylic acid groups (broad SMARTS) is 2. The highest BCUT2D eigenvalue weighted by Gasteiger charge is 2.26. The van der Waals surface area contributed by atoms with Crippen molar-refractivity contribution in [1.82, 2.24) is 9.97 Å². The fraction of sp³-hybridized carbons (Fsp3) is 0.217. The van der Waals surface area contributed by atoms with Crippen LogP contribution in [0.1, 0.15) is 87.0 Å². The molecule has 0 radical (unpaired) electrons. The summed E-state index contributed by atoms with van der Waals surface area (Å²) in [6, 6.07) is 29.1. The molecular formula is C46H47BrN4O6. The van der Waals surface area contributed by atoms with Gasteiger partial charge in [0.25, 0.3) is 11.8 Å². The number of aliphatic carboxylic acids is 2. The number of fused-ring (bicyclic) bond motifs is 4. The Morgan fingerprint density at radius 1 is 0.596 bits per heavy atom. The van der Waals surface area contributed by atoms with E-state index in [1.165, 1.54) is 0 Å². The summed E-state index contributed by atoms with van der Waals surface area (Å²) in [6.45, 7) is 8.00. The van der Waals surface area contributed by atoms with E-state index in [4.69, 9.17) is 10.2 Å². The number of anilines is 2. The van der Waals surface area contributed by atoms with Crippen LogP contribution in [-0.2, 0) is 32.0 Å². The number of halogens is 1. The van der Waals surface area contributed by atoms with Gasteiger partial charge in [0.2, 0.25) is 0 Å². The lowest BCUT2D eigenvalue weighted by molar-refractivity contribution is -0.138. The second kappa shape index (κ2) is 19.6. The summed E-state index contributed by atoms with van der Waals surface area (Å²) in [5.74, 6) is -1.86. The van der Waals surface area contributed by atoms with Crippen LogP contribution in [0.5, 0.6) is 0 Å². The van der Waals surface area contributed by atoms with Crippen LogP contribution < -0.4 is 10.6 Å². The van der Waals surface area contributed by atoms with Gasteiger partial charge in [0, 0.05) is 73.0 Å². The Balaban J connectivity index is 0.000000200. The number of carbonyl (C=O) groups is 4. The average Bonchev–Trinajstić information content (AvgIpc) is 3.93. The van der Waals surface area contributed by atoms with Crippen LogP contribution in [0.2, 0.25) is 0 Å². The third-order valence-electron chi connectivity index (χ3n) is 9.38. The molecule has 2 aliphatic rings. The third kappa shape index (κ3) is 9.79. The number of hydrogen-bond acceptors (Lipinski definition) is 4. The predicted octanol–water partition coefficient (Wildman–Crippen LogP) is 11.0. The van der Waals surface area contributed by atoms with E-state index in [9.17, 15) is 19.2 Å². The lowest BCUT2D eigenvalue weighted by Crippen LogP contribution is -2.04. The smallest absolute Gasteiger partial charge is 0.303 e. The Morgan fingerprint density at radius 2 is 1.04 bits per heavy atom. The van der Waals surface area contributed by atoms with Gasteiger partial charge in [-0.25, -0.2) is 0 Å². The number of aromatic nitrogens is 2. The summed E-state index contributed by atoms with van der Waals surface area (Å²) in [5, 5.41) is 25.8. The lowest BCUT2D eigenvalue weighted by atomic mass is 10.0. The number of benzene rings is 4. The molecule has 57 heavy (non-hydrogen) atoms. The Bertz CT molecular complexity index is 2490. The van der Waals surface area contributed by atoms with Gasteiger partial charge in [-0.2, -0.15) is 0 Å². The second-order valence-electron chi connectivity index (χ2n) is 12.9. The van der Waals surface area contributed by atoms with Crippen LogP contribution in [0, 0.1) is 0 Å². The molecular weight excluding hydrogens is 784 g/mol. The normalized spacial score (nSPS) is 13.8. The number of aryl methyl sites for hydroxylation is 2. The van der Waals surface area contributed by atoms with E-state index in [2.05, 4.69) is 36.5 Å². The molecule has 11 heteroatoms. The van der Waals surface area contributed by atoms with Crippen molar-refractivity contribution in [3.8, 4) is 0 Å². The van der Waals surface area contributed by atoms with Crippen LogP contribution in [0.25, 0.3) is 45.1 Å². The van der Waals surface area contributed by atoms with Crippen LogP contribution >= 0.6 is 15.9 Å².